The summed E-state index contributed by atoms with van der Waals surface area (Å²) in [6.07, 6.45) is -1.07. The number of aliphatic hydroxyl groups is 1. The van der Waals surface area contributed by atoms with Gasteiger partial charge < -0.3 is 10.8 Å². The van der Waals surface area contributed by atoms with Gasteiger partial charge in [-0.25, -0.2) is 4.79 Å². The number of nitrogens with one attached hydrogen (secondary N) is 2. The van der Waals surface area contributed by atoms with Gasteiger partial charge in [-0.3, -0.25) is 5.43 Å². The van der Waals surface area contributed by atoms with Crippen LogP contribution in [0.1, 0.15) is 0 Å². The summed E-state index contributed by atoms with van der Waals surface area (Å²) in [5.74, 6) is -0.126. The number of carbonyl (C=O) groups excluding carboxylic acids is 1. The Morgan fingerprint density at radius 3 is 2.89 bits per heavy atom. The molecule has 1 unspecified atom stereocenters. The van der Waals surface area contributed by atoms with Gasteiger partial charge in [0.1, 0.15) is 0 Å². The first kappa shape index (κ1) is 5.99. The molecule has 0 radical (unpaired) electrons. The second-order valence-corrected chi connectivity index (χ2v) is 1.51. The summed E-state index contributed by atoms with van der Waals surface area (Å²) in [4.78, 5) is 13.5. The van der Waals surface area contributed by atoms with Crippen LogP contribution in [0.25, 0.3) is 0 Å². The average Bonchev–Trinajstić information content (AvgIpc) is 1.80. The highest BCUT2D eigenvalue weighted by Gasteiger charge is 2.15. The van der Waals surface area contributed by atoms with Crippen LogP contribution in [0.5, 0.6) is 0 Å². The minimum absolute atomic E-state index is 0.126. The zero-order chi connectivity index (χ0) is 6.85. The lowest BCUT2D eigenvalue weighted by atomic mass is 10.5. The van der Waals surface area contributed by atoms with E-state index in [0.717, 1.165) is 0 Å². The first-order valence-electron chi connectivity index (χ1n) is 2.28. The number of amidine groups is 1. The fraction of sp³-hybridized carbons (Fsp3) is 0.333. The highest BCUT2D eigenvalue weighted by Crippen LogP contribution is 1.84. The third kappa shape index (κ3) is 1.15. The number of hydrogen-bond acceptors (Lipinski definition) is 4. The highest BCUT2D eigenvalue weighted by atomic mass is 16.3. The van der Waals surface area contributed by atoms with E-state index in [4.69, 9.17) is 10.8 Å². The Balaban J connectivity index is 2.72. The third-order valence-electron chi connectivity index (χ3n) is 0.827. The minimum Gasteiger partial charge on any atom is -0.384 e. The molecule has 1 atom stereocenters. The van der Waals surface area contributed by atoms with Gasteiger partial charge in [0.25, 0.3) is 0 Å². The molecule has 0 bridgehead atoms. The molecule has 0 fully saturated rings. The van der Waals surface area contributed by atoms with Gasteiger partial charge in [-0.15, -0.1) is 0 Å². The number of nitrogens with two attached hydrogens (primary N) is 1. The molecule has 1 rings (SSSR count). The van der Waals surface area contributed by atoms with E-state index in [1.165, 1.54) is 0 Å². The van der Waals surface area contributed by atoms with Crippen molar-refractivity contribution in [2.24, 2.45) is 10.7 Å². The van der Waals surface area contributed by atoms with Gasteiger partial charge in [0, 0.05) is 0 Å². The molecule has 1 aliphatic rings. The molecule has 0 aromatic carbocycles. The van der Waals surface area contributed by atoms with E-state index in [1.807, 2.05) is 0 Å². The SMILES string of the molecule is NC1=NC(=O)NNC1O. The van der Waals surface area contributed by atoms with Gasteiger partial charge in [0.2, 0.25) is 0 Å². The van der Waals surface area contributed by atoms with Crippen molar-refractivity contribution < 1.29 is 9.90 Å². The van der Waals surface area contributed by atoms with E-state index in [0.29, 0.717) is 0 Å². The molecule has 0 saturated heterocycles. The predicted molar refractivity (Wildman–Crippen MR) is 29.3 cm³/mol. The van der Waals surface area contributed by atoms with E-state index in [2.05, 4.69) is 15.8 Å². The van der Waals surface area contributed by atoms with Crippen LogP contribution in [-0.2, 0) is 0 Å². The zero-order valence-electron chi connectivity index (χ0n) is 4.46. The van der Waals surface area contributed by atoms with Crippen molar-refractivity contribution in [1.82, 2.24) is 10.9 Å². The molecule has 50 valence electrons. The Morgan fingerprint density at radius 2 is 2.44 bits per heavy atom. The second-order valence-electron chi connectivity index (χ2n) is 1.51. The van der Waals surface area contributed by atoms with Gasteiger partial charge in [-0.2, -0.15) is 10.4 Å². The molecule has 1 aliphatic heterocycles. The quantitative estimate of drug-likeness (QED) is 0.301. The number of hydrazine groups is 1. The lowest BCUT2D eigenvalue weighted by molar-refractivity contribution is 0.172. The normalized spacial score (nSPS) is 27.0. The number of carbonyl (C=O) groups is 1. The highest BCUT2D eigenvalue weighted by molar-refractivity contribution is 5.96. The van der Waals surface area contributed by atoms with Crippen molar-refractivity contribution >= 4 is 11.9 Å². The molecule has 0 aromatic rings. The largest absolute Gasteiger partial charge is 0.384 e. The van der Waals surface area contributed by atoms with Crippen LogP contribution in [-0.4, -0.2) is 23.2 Å². The molecule has 1 heterocycles. The number of nitrogens with zero attached hydrogens (tertiary/aromatic N) is 1. The monoisotopic (exact) mass is 130 g/mol. The maximum absolute atomic E-state index is 10.3. The Morgan fingerprint density at radius 1 is 1.78 bits per heavy atom. The lowest BCUT2D eigenvalue weighted by Crippen LogP contribution is -2.54. The topological polar surface area (TPSA) is 99.7 Å². The summed E-state index contributed by atoms with van der Waals surface area (Å²) in [5, 5.41) is 8.71. The number of amides is 2. The summed E-state index contributed by atoms with van der Waals surface area (Å²) >= 11 is 0. The molecule has 5 N–H and O–H groups in total. The van der Waals surface area contributed by atoms with Gasteiger partial charge in [-0.1, -0.05) is 0 Å². The first-order chi connectivity index (χ1) is 4.20. The number of aliphatic imine (C=N–C) groups is 1. The fourth-order valence-electron chi connectivity index (χ4n) is 0.410. The molecule has 6 nitrogen and oxygen atoms in total. The van der Waals surface area contributed by atoms with E-state index in [9.17, 15) is 4.79 Å². The van der Waals surface area contributed by atoms with Gasteiger partial charge in [-0.05, 0) is 0 Å². The second kappa shape index (κ2) is 2.00. The van der Waals surface area contributed by atoms with Crippen LogP contribution in [0.15, 0.2) is 4.99 Å². The molecule has 6 heteroatoms. The van der Waals surface area contributed by atoms with Crippen molar-refractivity contribution in [2.75, 3.05) is 0 Å². The van der Waals surface area contributed by atoms with Gasteiger partial charge in [0.05, 0.1) is 0 Å². The maximum atomic E-state index is 10.3. The van der Waals surface area contributed by atoms with Crippen LogP contribution in [0.4, 0.5) is 4.79 Å². The van der Waals surface area contributed by atoms with Crippen LogP contribution in [0, 0.1) is 0 Å². The summed E-state index contributed by atoms with van der Waals surface area (Å²) in [6, 6.07) is -0.599. The maximum Gasteiger partial charge on any atom is 0.357 e. The van der Waals surface area contributed by atoms with Crippen molar-refractivity contribution in [3.05, 3.63) is 0 Å². The fourth-order valence-corrected chi connectivity index (χ4v) is 0.410. The van der Waals surface area contributed by atoms with Crippen molar-refractivity contribution in [2.45, 2.75) is 6.23 Å². The third-order valence-corrected chi connectivity index (χ3v) is 0.827. The lowest BCUT2D eigenvalue weighted by Gasteiger charge is -2.15. The number of hydrogen-bond donors (Lipinski definition) is 4. The smallest absolute Gasteiger partial charge is 0.357 e. The van der Waals surface area contributed by atoms with Crippen LogP contribution in [0.3, 0.4) is 0 Å². The van der Waals surface area contributed by atoms with Crippen molar-refractivity contribution in [1.29, 1.82) is 0 Å². The summed E-state index contributed by atoms with van der Waals surface area (Å²) in [5.41, 5.74) is 9.28. The van der Waals surface area contributed by atoms with Gasteiger partial charge in [0.15, 0.2) is 12.1 Å². The standard InChI is InChI=1S/C3H6N4O2/c4-1-2(8)6-7-3(9)5-1/h2,6,8H,(H3,4,5,7,9). The van der Waals surface area contributed by atoms with E-state index in [-0.39, 0.29) is 5.84 Å². The Hall–Kier alpha value is -1.14. The molecule has 9 heavy (non-hydrogen) atoms. The minimum atomic E-state index is -1.07. The van der Waals surface area contributed by atoms with Crippen LogP contribution in [0.2, 0.25) is 0 Å². The average molecular weight is 130 g/mol. The van der Waals surface area contributed by atoms with E-state index >= 15 is 0 Å². The number of aliphatic hydroxyl groups excluding tert-OH is 1. The summed E-state index contributed by atoms with van der Waals surface area (Å²) < 4.78 is 0. The summed E-state index contributed by atoms with van der Waals surface area (Å²) in [7, 11) is 0. The Labute approximate surface area is 50.7 Å². The Bertz CT molecular complexity index is 165. The molecule has 0 aromatic heterocycles. The molecular weight excluding hydrogens is 124 g/mol. The van der Waals surface area contributed by atoms with Crippen LogP contribution >= 0.6 is 0 Å². The van der Waals surface area contributed by atoms with Crippen molar-refractivity contribution in [3.8, 4) is 0 Å². The molecule has 0 spiro atoms. The zero-order valence-corrected chi connectivity index (χ0v) is 4.46. The Kier molecular flexibility index (Phi) is 1.33. The predicted octanol–water partition coefficient (Wildman–Crippen LogP) is -2.11. The number of rotatable bonds is 0. The molecule has 0 saturated carbocycles. The first-order valence-corrected chi connectivity index (χ1v) is 2.28. The molecule has 2 amide bonds. The summed E-state index contributed by atoms with van der Waals surface area (Å²) in [6.45, 7) is 0. The molecule has 0 aliphatic carbocycles. The van der Waals surface area contributed by atoms with Crippen LogP contribution < -0.4 is 16.6 Å². The van der Waals surface area contributed by atoms with E-state index in [1.54, 1.807) is 0 Å². The van der Waals surface area contributed by atoms with E-state index < -0.39 is 12.3 Å². The number of urea groups is 1. The van der Waals surface area contributed by atoms with Crippen molar-refractivity contribution in [3.63, 3.8) is 0 Å². The van der Waals surface area contributed by atoms with Gasteiger partial charge >= 0.3 is 6.03 Å². The molecular formula is C3H6N4O2.